The van der Waals surface area contributed by atoms with Gasteiger partial charge in [-0.05, 0) is 30.5 Å². The minimum atomic E-state index is -1.02. The van der Waals surface area contributed by atoms with Crippen LogP contribution in [0.3, 0.4) is 0 Å². The molecule has 0 atom stereocenters. The summed E-state index contributed by atoms with van der Waals surface area (Å²) in [6.45, 7) is -0.000247. The van der Waals surface area contributed by atoms with E-state index in [1.165, 1.54) is 4.90 Å². The number of hydrogen-bond donors (Lipinski definition) is 3. The van der Waals surface area contributed by atoms with Crippen LogP contribution in [0, 0.1) is 0 Å². The molecule has 4 N–H and O–H groups in total. The van der Waals surface area contributed by atoms with Crippen LogP contribution in [0.25, 0.3) is 0 Å². The fourth-order valence-corrected chi connectivity index (χ4v) is 2.02. The van der Waals surface area contributed by atoms with Crippen molar-refractivity contribution in [1.82, 2.24) is 10.2 Å². The van der Waals surface area contributed by atoms with Crippen molar-refractivity contribution in [3.8, 4) is 0 Å². The van der Waals surface area contributed by atoms with Crippen LogP contribution in [0.4, 0.5) is 4.79 Å². The third-order valence-electron chi connectivity index (χ3n) is 3.22. The number of nitrogens with zero attached hydrogens (tertiary/aromatic N) is 1. The molecule has 7 heteroatoms. The second kappa shape index (κ2) is 6.25. The molecule has 7 nitrogen and oxygen atoms in total. The molecule has 1 fully saturated rings. The number of urea groups is 1. The van der Waals surface area contributed by atoms with Gasteiger partial charge < -0.3 is 21.1 Å². The number of carbonyl (C=O) groups is 3. The molecule has 0 heterocycles. The maximum atomic E-state index is 12.3. The van der Waals surface area contributed by atoms with Crippen molar-refractivity contribution < 1.29 is 19.5 Å². The average Bonchev–Trinajstić information content (AvgIpc) is 3.26. The Labute approximate surface area is 121 Å². The molecule has 1 aliphatic carbocycles. The fraction of sp³-hybridized carbons (Fsp3) is 0.357. The lowest BCUT2D eigenvalue weighted by Gasteiger charge is -2.20. The lowest BCUT2D eigenvalue weighted by atomic mass is 10.1. The topological polar surface area (TPSA) is 113 Å². The first kappa shape index (κ1) is 14.8. The summed E-state index contributed by atoms with van der Waals surface area (Å²) in [5.74, 6) is -1.30. The van der Waals surface area contributed by atoms with E-state index in [2.05, 4.69) is 5.32 Å². The van der Waals surface area contributed by atoms with Gasteiger partial charge in [-0.2, -0.15) is 0 Å². The summed E-state index contributed by atoms with van der Waals surface area (Å²) in [7, 11) is 0. The summed E-state index contributed by atoms with van der Waals surface area (Å²) in [5.41, 5.74) is 6.22. The summed E-state index contributed by atoms with van der Waals surface area (Å²) < 4.78 is 0. The van der Waals surface area contributed by atoms with Gasteiger partial charge >= 0.3 is 12.0 Å². The van der Waals surface area contributed by atoms with Crippen molar-refractivity contribution in [2.24, 2.45) is 5.73 Å². The minimum absolute atomic E-state index is 0.0322. The number of nitrogens with two attached hydrogens (primary N) is 1. The normalized spacial score (nSPS) is 13.5. The Kier molecular flexibility index (Phi) is 4.42. The molecular formula is C14H17N3O4. The molecule has 0 unspecified atom stereocenters. The lowest BCUT2D eigenvalue weighted by Crippen LogP contribution is -2.37. The average molecular weight is 291 g/mol. The molecular weight excluding hydrogens is 274 g/mol. The Hall–Kier alpha value is -2.57. The van der Waals surface area contributed by atoms with Gasteiger partial charge in [0.15, 0.2) is 0 Å². The molecule has 2 rings (SSSR count). The van der Waals surface area contributed by atoms with Crippen molar-refractivity contribution >= 4 is 17.9 Å². The Morgan fingerprint density at radius 1 is 1.24 bits per heavy atom. The van der Waals surface area contributed by atoms with E-state index >= 15 is 0 Å². The highest BCUT2D eigenvalue weighted by Gasteiger charge is 2.34. The van der Waals surface area contributed by atoms with Gasteiger partial charge in [-0.25, -0.2) is 4.79 Å². The van der Waals surface area contributed by atoms with Crippen molar-refractivity contribution in [2.45, 2.75) is 25.4 Å². The van der Waals surface area contributed by atoms with E-state index in [1.807, 2.05) is 0 Å². The fourth-order valence-electron chi connectivity index (χ4n) is 2.02. The monoisotopic (exact) mass is 291 g/mol. The molecule has 0 aliphatic heterocycles. The zero-order valence-corrected chi connectivity index (χ0v) is 11.4. The van der Waals surface area contributed by atoms with E-state index in [-0.39, 0.29) is 25.0 Å². The van der Waals surface area contributed by atoms with Crippen LogP contribution in [0.1, 0.15) is 28.8 Å². The van der Waals surface area contributed by atoms with Crippen LogP contribution in [0.2, 0.25) is 0 Å². The maximum Gasteiger partial charge on any atom is 0.323 e. The van der Waals surface area contributed by atoms with Gasteiger partial charge in [-0.1, -0.05) is 12.1 Å². The van der Waals surface area contributed by atoms with Crippen molar-refractivity contribution in [1.29, 1.82) is 0 Å². The third-order valence-corrected chi connectivity index (χ3v) is 3.22. The number of amides is 3. The summed E-state index contributed by atoms with van der Waals surface area (Å²) >= 11 is 0. The molecule has 1 aromatic carbocycles. The maximum absolute atomic E-state index is 12.3. The Bertz CT molecular complexity index is 552. The number of carboxylic acids is 1. The number of aliphatic carboxylic acids is 1. The van der Waals surface area contributed by atoms with E-state index in [1.54, 1.807) is 24.3 Å². The second-order valence-corrected chi connectivity index (χ2v) is 4.97. The first-order chi connectivity index (χ1) is 9.97. The van der Waals surface area contributed by atoms with Crippen LogP contribution in [-0.4, -0.2) is 40.5 Å². The quantitative estimate of drug-likeness (QED) is 0.710. The van der Waals surface area contributed by atoms with Crippen LogP contribution >= 0.6 is 0 Å². The smallest absolute Gasteiger partial charge is 0.323 e. The Morgan fingerprint density at radius 3 is 2.33 bits per heavy atom. The number of benzene rings is 1. The molecule has 1 aromatic rings. The SMILES string of the molecule is NC(=O)NCc1ccc(C(=O)N(CC(=O)O)C2CC2)cc1. The van der Waals surface area contributed by atoms with E-state index in [0.29, 0.717) is 5.56 Å². The minimum Gasteiger partial charge on any atom is -0.480 e. The van der Waals surface area contributed by atoms with Crippen molar-refractivity contribution in [3.05, 3.63) is 35.4 Å². The number of hydrogen-bond acceptors (Lipinski definition) is 3. The van der Waals surface area contributed by atoms with Gasteiger partial charge in [0, 0.05) is 18.2 Å². The van der Waals surface area contributed by atoms with Gasteiger partial charge in [-0.15, -0.1) is 0 Å². The summed E-state index contributed by atoms with van der Waals surface area (Å²) in [6, 6.07) is 6.07. The van der Waals surface area contributed by atoms with Crippen LogP contribution in [0.5, 0.6) is 0 Å². The van der Waals surface area contributed by atoms with E-state index in [9.17, 15) is 14.4 Å². The molecule has 0 bridgehead atoms. The lowest BCUT2D eigenvalue weighted by molar-refractivity contribution is -0.137. The first-order valence-electron chi connectivity index (χ1n) is 6.62. The highest BCUT2D eigenvalue weighted by molar-refractivity contribution is 5.96. The zero-order chi connectivity index (χ0) is 15.4. The largest absolute Gasteiger partial charge is 0.480 e. The van der Waals surface area contributed by atoms with Gasteiger partial charge in [0.25, 0.3) is 5.91 Å². The molecule has 21 heavy (non-hydrogen) atoms. The van der Waals surface area contributed by atoms with E-state index < -0.39 is 12.0 Å². The van der Waals surface area contributed by atoms with E-state index in [4.69, 9.17) is 10.8 Å². The predicted molar refractivity (Wildman–Crippen MR) is 74.6 cm³/mol. The van der Waals surface area contributed by atoms with E-state index in [0.717, 1.165) is 18.4 Å². The number of carboxylic acid groups (broad SMARTS) is 1. The van der Waals surface area contributed by atoms with Crippen LogP contribution in [-0.2, 0) is 11.3 Å². The number of rotatable bonds is 6. The summed E-state index contributed by atoms with van der Waals surface area (Å²) in [6.07, 6.45) is 1.69. The molecule has 0 spiro atoms. The molecule has 3 amide bonds. The van der Waals surface area contributed by atoms with Gasteiger partial charge in [0.1, 0.15) is 6.54 Å². The Morgan fingerprint density at radius 2 is 1.86 bits per heavy atom. The van der Waals surface area contributed by atoms with Crippen molar-refractivity contribution in [2.75, 3.05) is 6.54 Å². The predicted octanol–water partition coefficient (Wildman–Crippen LogP) is 0.544. The second-order valence-electron chi connectivity index (χ2n) is 4.97. The first-order valence-corrected chi connectivity index (χ1v) is 6.62. The molecule has 0 radical (unpaired) electrons. The highest BCUT2D eigenvalue weighted by Crippen LogP contribution is 2.28. The number of carbonyl (C=O) groups excluding carboxylic acids is 2. The summed E-state index contributed by atoms with van der Waals surface area (Å²) in [5, 5.41) is 11.3. The molecule has 0 aromatic heterocycles. The van der Waals surface area contributed by atoms with Gasteiger partial charge in [-0.3, -0.25) is 9.59 Å². The number of nitrogens with one attached hydrogen (secondary N) is 1. The molecule has 0 saturated heterocycles. The number of primary amides is 1. The third kappa shape index (κ3) is 4.20. The van der Waals surface area contributed by atoms with Gasteiger partial charge in [0.05, 0.1) is 0 Å². The summed E-state index contributed by atoms with van der Waals surface area (Å²) in [4.78, 5) is 35.2. The van der Waals surface area contributed by atoms with Gasteiger partial charge in [0.2, 0.25) is 0 Å². The molecule has 1 aliphatic rings. The zero-order valence-electron chi connectivity index (χ0n) is 11.4. The molecule has 1 saturated carbocycles. The highest BCUT2D eigenvalue weighted by atomic mass is 16.4. The molecule has 112 valence electrons. The van der Waals surface area contributed by atoms with Crippen LogP contribution < -0.4 is 11.1 Å². The Balaban J connectivity index is 2.04. The van der Waals surface area contributed by atoms with Crippen molar-refractivity contribution in [3.63, 3.8) is 0 Å². The standard InChI is InChI=1S/C14H17N3O4/c15-14(21)16-7-9-1-3-10(4-2-9)13(20)17(8-12(18)19)11-5-6-11/h1-4,11H,5-8H2,(H,18,19)(H3,15,16,21). The van der Waals surface area contributed by atoms with Crippen LogP contribution in [0.15, 0.2) is 24.3 Å².